The summed E-state index contributed by atoms with van der Waals surface area (Å²) in [6.45, 7) is 0. The molecule has 1 aromatic rings. The van der Waals surface area contributed by atoms with Gasteiger partial charge < -0.3 is 5.32 Å². The highest BCUT2D eigenvalue weighted by Crippen LogP contribution is 2.41. The van der Waals surface area contributed by atoms with Crippen molar-refractivity contribution in [2.45, 2.75) is 36.5 Å². The highest BCUT2D eigenvalue weighted by Gasteiger charge is 2.40. The van der Waals surface area contributed by atoms with Crippen LogP contribution in [0.15, 0.2) is 30.3 Å². The summed E-state index contributed by atoms with van der Waals surface area (Å²) in [6.07, 6.45) is 3.75. The molecule has 1 N–H and O–H groups in total. The first-order valence-electron chi connectivity index (χ1n) is 7.68. The zero-order valence-corrected chi connectivity index (χ0v) is 14.1. The Labute approximate surface area is 136 Å². The predicted molar refractivity (Wildman–Crippen MR) is 89.6 cm³/mol. The highest BCUT2D eigenvalue weighted by molar-refractivity contribution is 8.02. The minimum absolute atomic E-state index is 0.0119. The number of rotatable bonds is 5. The molecule has 4 nitrogen and oxygen atoms in total. The summed E-state index contributed by atoms with van der Waals surface area (Å²) in [4.78, 5) is 12.3. The van der Waals surface area contributed by atoms with Gasteiger partial charge in [0.25, 0.3) is 0 Å². The predicted octanol–water partition coefficient (Wildman–Crippen LogP) is 2.10. The molecule has 0 radical (unpaired) electrons. The molecule has 1 aliphatic carbocycles. The maximum atomic E-state index is 12.3. The second kappa shape index (κ2) is 6.24. The molecule has 3 rings (SSSR count). The summed E-state index contributed by atoms with van der Waals surface area (Å²) in [5, 5.41) is 3.26. The lowest BCUT2D eigenvalue weighted by Crippen LogP contribution is -2.51. The van der Waals surface area contributed by atoms with Gasteiger partial charge in [0.2, 0.25) is 5.91 Å². The zero-order valence-electron chi connectivity index (χ0n) is 12.5. The number of hydrogen-bond donors (Lipinski definition) is 1. The van der Waals surface area contributed by atoms with Crippen molar-refractivity contribution in [1.29, 1.82) is 0 Å². The lowest BCUT2D eigenvalue weighted by atomic mass is 9.72. The normalized spacial score (nSPS) is 25.4. The Morgan fingerprint density at radius 3 is 2.55 bits per heavy atom. The molecule has 1 amide bonds. The zero-order chi connectivity index (χ0) is 15.6. The van der Waals surface area contributed by atoms with Crippen molar-refractivity contribution >= 4 is 27.5 Å². The number of sulfone groups is 1. The summed E-state index contributed by atoms with van der Waals surface area (Å²) in [7, 11) is -2.87. The first-order chi connectivity index (χ1) is 10.5. The largest absolute Gasteiger partial charge is 0.346 e. The third-order valence-electron chi connectivity index (χ3n) is 4.55. The number of hydrogen-bond acceptors (Lipinski definition) is 4. The van der Waals surface area contributed by atoms with Crippen LogP contribution in [0.3, 0.4) is 0 Å². The third-order valence-corrected chi connectivity index (χ3v) is 7.83. The third kappa shape index (κ3) is 3.49. The molecule has 120 valence electrons. The van der Waals surface area contributed by atoms with Crippen LogP contribution in [0.5, 0.6) is 0 Å². The maximum Gasteiger partial charge on any atom is 0.230 e. The molecule has 2 aliphatic rings. The highest BCUT2D eigenvalue weighted by atomic mass is 32.2. The van der Waals surface area contributed by atoms with Gasteiger partial charge in [0.1, 0.15) is 0 Å². The Kier molecular flexibility index (Phi) is 4.50. The molecule has 6 heteroatoms. The number of carbonyl (C=O) groups excluding carboxylic acids is 1. The van der Waals surface area contributed by atoms with Crippen LogP contribution in [0.4, 0.5) is 0 Å². The fourth-order valence-corrected chi connectivity index (χ4v) is 6.61. The number of amides is 1. The SMILES string of the molecule is O=C(CS[C@H]1CCS(=O)(=O)C1)NC1(c2ccccc2)CCC1. The van der Waals surface area contributed by atoms with Gasteiger partial charge in [-0.15, -0.1) is 11.8 Å². The van der Waals surface area contributed by atoms with E-state index >= 15 is 0 Å². The number of carbonyl (C=O) groups is 1. The minimum Gasteiger partial charge on any atom is -0.346 e. The van der Waals surface area contributed by atoms with E-state index in [-0.39, 0.29) is 28.2 Å². The first-order valence-corrected chi connectivity index (χ1v) is 10.5. The number of thioether (sulfide) groups is 1. The molecule has 1 aliphatic heterocycles. The first kappa shape index (κ1) is 15.9. The Bertz CT molecular complexity index is 639. The van der Waals surface area contributed by atoms with Crippen LogP contribution < -0.4 is 5.32 Å². The molecule has 0 spiro atoms. The van der Waals surface area contributed by atoms with E-state index in [0.29, 0.717) is 12.2 Å². The quantitative estimate of drug-likeness (QED) is 0.892. The molecule has 22 heavy (non-hydrogen) atoms. The van der Waals surface area contributed by atoms with Crippen molar-refractivity contribution < 1.29 is 13.2 Å². The average molecular weight is 339 g/mol. The van der Waals surface area contributed by atoms with E-state index in [4.69, 9.17) is 0 Å². The molecule has 2 fully saturated rings. The Hall–Kier alpha value is -1.01. The van der Waals surface area contributed by atoms with E-state index in [0.717, 1.165) is 19.3 Å². The van der Waals surface area contributed by atoms with Gasteiger partial charge in [0.05, 0.1) is 22.8 Å². The standard InChI is InChI=1S/C16H21NO3S2/c18-15(11-21-14-7-10-22(19,20)12-14)17-16(8-4-9-16)13-5-2-1-3-6-13/h1-3,5-6,14H,4,7-12H2,(H,17,18)/t14-/m0/s1. The van der Waals surface area contributed by atoms with Crippen molar-refractivity contribution in [3.05, 3.63) is 35.9 Å². The average Bonchev–Trinajstić information content (AvgIpc) is 2.81. The van der Waals surface area contributed by atoms with Crippen LogP contribution in [0.1, 0.15) is 31.2 Å². The molecule has 1 atom stereocenters. The molecule has 1 heterocycles. The minimum atomic E-state index is -2.87. The monoisotopic (exact) mass is 339 g/mol. The smallest absolute Gasteiger partial charge is 0.230 e. The lowest BCUT2D eigenvalue weighted by Gasteiger charge is -2.43. The van der Waals surface area contributed by atoms with Gasteiger partial charge in [-0.05, 0) is 31.2 Å². The molecule has 0 unspecified atom stereocenters. The van der Waals surface area contributed by atoms with Crippen molar-refractivity contribution in [2.24, 2.45) is 0 Å². The van der Waals surface area contributed by atoms with Crippen molar-refractivity contribution in [2.75, 3.05) is 17.3 Å². The summed E-state index contributed by atoms with van der Waals surface area (Å²) in [5.74, 6) is 0.835. The van der Waals surface area contributed by atoms with Crippen molar-refractivity contribution in [1.82, 2.24) is 5.32 Å². The number of nitrogens with one attached hydrogen (secondary N) is 1. The van der Waals surface area contributed by atoms with Gasteiger partial charge in [-0.2, -0.15) is 0 Å². The summed E-state index contributed by atoms with van der Waals surface area (Å²) in [5.41, 5.74) is 0.962. The van der Waals surface area contributed by atoms with Crippen LogP contribution in [0, 0.1) is 0 Å². The summed E-state index contributed by atoms with van der Waals surface area (Å²) >= 11 is 1.47. The lowest BCUT2D eigenvalue weighted by molar-refractivity contribution is -0.121. The van der Waals surface area contributed by atoms with Gasteiger partial charge in [0.15, 0.2) is 9.84 Å². The molecule has 1 saturated heterocycles. The molecule has 1 aromatic carbocycles. The van der Waals surface area contributed by atoms with Gasteiger partial charge >= 0.3 is 0 Å². The van der Waals surface area contributed by atoms with Gasteiger partial charge in [-0.25, -0.2) is 8.42 Å². The molecule has 0 bridgehead atoms. The molecular weight excluding hydrogens is 318 g/mol. The second-order valence-corrected chi connectivity index (χ2v) is 9.70. The van der Waals surface area contributed by atoms with E-state index in [1.54, 1.807) is 0 Å². The molecule has 1 saturated carbocycles. The molecular formula is C16H21NO3S2. The molecule has 0 aromatic heterocycles. The topological polar surface area (TPSA) is 63.2 Å². The Morgan fingerprint density at radius 1 is 1.27 bits per heavy atom. The Balaban J connectivity index is 1.55. The van der Waals surface area contributed by atoms with Crippen LogP contribution in [-0.2, 0) is 20.2 Å². The van der Waals surface area contributed by atoms with Crippen LogP contribution in [-0.4, -0.2) is 36.8 Å². The summed E-state index contributed by atoms with van der Waals surface area (Å²) in [6, 6.07) is 10.1. The van der Waals surface area contributed by atoms with E-state index in [9.17, 15) is 13.2 Å². The van der Waals surface area contributed by atoms with Gasteiger partial charge in [0, 0.05) is 5.25 Å². The van der Waals surface area contributed by atoms with E-state index < -0.39 is 9.84 Å². The van der Waals surface area contributed by atoms with Crippen molar-refractivity contribution in [3.63, 3.8) is 0 Å². The number of benzene rings is 1. The fraction of sp³-hybridized carbons (Fsp3) is 0.562. The fourth-order valence-electron chi connectivity index (χ4n) is 3.16. The van der Waals surface area contributed by atoms with E-state index in [2.05, 4.69) is 17.4 Å². The van der Waals surface area contributed by atoms with E-state index in [1.807, 2.05) is 18.2 Å². The maximum absolute atomic E-state index is 12.3. The van der Waals surface area contributed by atoms with Gasteiger partial charge in [-0.3, -0.25) is 4.79 Å². The van der Waals surface area contributed by atoms with E-state index in [1.165, 1.54) is 17.3 Å². The van der Waals surface area contributed by atoms with Gasteiger partial charge in [-0.1, -0.05) is 30.3 Å². The van der Waals surface area contributed by atoms with Crippen LogP contribution in [0.2, 0.25) is 0 Å². The van der Waals surface area contributed by atoms with Crippen LogP contribution in [0.25, 0.3) is 0 Å². The Morgan fingerprint density at radius 2 is 2.00 bits per heavy atom. The van der Waals surface area contributed by atoms with Crippen LogP contribution >= 0.6 is 11.8 Å². The summed E-state index contributed by atoms with van der Waals surface area (Å²) < 4.78 is 22.9. The second-order valence-electron chi connectivity index (χ2n) is 6.19. The van der Waals surface area contributed by atoms with Crippen molar-refractivity contribution in [3.8, 4) is 0 Å².